The van der Waals surface area contributed by atoms with E-state index in [-0.39, 0.29) is 0 Å². The molecular formula is C17H17ClN2O2S. The van der Waals surface area contributed by atoms with E-state index < -0.39 is 16.1 Å². The molecule has 1 heterocycles. The van der Waals surface area contributed by atoms with Crippen molar-refractivity contribution in [2.24, 2.45) is 0 Å². The van der Waals surface area contributed by atoms with Gasteiger partial charge in [0.2, 0.25) is 10.0 Å². The smallest absolute Gasteiger partial charge is 0.228 e. The minimum atomic E-state index is -3.42. The Hall–Kier alpha value is -1.82. The summed E-state index contributed by atoms with van der Waals surface area (Å²) in [5, 5.41) is 0.619. The van der Waals surface area contributed by atoms with Crippen LogP contribution in [0.3, 0.4) is 0 Å². The highest BCUT2D eigenvalue weighted by atomic mass is 35.5. The van der Waals surface area contributed by atoms with Crippen LogP contribution in [0.1, 0.15) is 22.7 Å². The van der Waals surface area contributed by atoms with Crippen LogP contribution in [0.5, 0.6) is 0 Å². The number of benzene rings is 2. The third kappa shape index (κ3) is 3.42. The molecule has 0 fully saturated rings. The number of halogens is 1. The molecule has 0 radical (unpaired) electrons. The number of nitrogens with zero attached hydrogens (tertiary/aromatic N) is 1. The monoisotopic (exact) mass is 348 g/mol. The summed E-state index contributed by atoms with van der Waals surface area (Å²) >= 11 is 5.92. The van der Waals surface area contributed by atoms with Crippen molar-refractivity contribution in [1.82, 2.24) is 9.84 Å². The maximum atomic E-state index is 12.1. The predicted molar refractivity (Wildman–Crippen MR) is 93.2 cm³/mol. The summed E-state index contributed by atoms with van der Waals surface area (Å²) < 4.78 is 25.5. The van der Waals surface area contributed by atoms with Gasteiger partial charge in [0.15, 0.2) is 0 Å². The molecule has 6 heteroatoms. The highest BCUT2D eigenvalue weighted by Gasteiger charge is 2.33. The largest absolute Gasteiger partial charge is 0.304 e. The molecule has 1 atom stereocenters. The second-order valence-electron chi connectivity index (χ2n) is 5.61. The van der Waals surface area contributed by atoms with Crippen molar-refractivity contribution in [3.8, 4) is 0 Å². The van der Waals surface area contributed by atoms with Gasteiger partial charge in [0.25, 0.3) is 0 Å². The lowest BCUT2D eigenvalue weighted by Crippen LogP contribution is -2.38. The van der Waals surface area contributed by atoms with Gasteiger partial charge in [-0.2, -0.15) is 0 Å². The van der Waals surface area contributed by atoms with Gasteiger partial charge >= 0.3 is 0 Å². The number of hydrogen-bond acceptors (Lipinski definition) is 3. The molecule has 2 aromatic rings. The summed E-state index contributed by atoms with van der Waals surface area (Å²) in [4.78, 5) is 0. The average Bonchev–Trinajstić information content (AvgIpc) is 2.94. The summed E-state index contributed by atoms with van der Waals surface area (Å²) in [7, 11) is -3.42. The van der Waals surface area contributed by atoms with Crippen molar-refractivity contribution in [2.45, 2.75) is 13.0 Å². The second kappa shape index (κ2) is 6.00. The van der Waals surface area contributed by atoms with Gasteiger partial charge in [-0.05, 0) is 36.3 Å². The maximum absolute atomic E-state index is 12.1. The predicted octanol–water partition coefficient (Wildman–Crippen LogP) is 3.51. The van der Waals surface area contributed by atoms with Crippen molar-refractivity contribution < 1.29 is 8.42 Å². The zero-order valence-corrected chi connectivity index (χ0v) is 14.4. The fourth-order valence-electron chi connectivity index (χ4n) is 2.53. The average molecular weight is 349 g/mol. The Balaban J connectivity index is 2.02. The van der Waals surface area contributed by atoms with Gasteiger partial charge in [-0.1, -0.05) is 53.6 Å². The molecule has 0 saturated carbocycles. The molecule has 1 aliphatic heterocycles. The second-order valence-corrected chi connectivity index (χ2v) is 7.91. The van der Waals surface area contributed by atoms with E-state index in [1.54, 1.807) is 12.1 Å². The lowest BCUT2D eigenvalue weighted by atomic mass is 10.0. The Labute approximate surface area is 141 Å². The minimum absolute atomic E-state index is 0.404. The van der Waals surface area contributed by atoms with Crippen LogP contribution in [0, 0.1) is 6.92 Å². The summed E-state index contributed by atoms with van der Waals surface area (Å²) in [6, 6.07) is 14.7. The molecule has 0 bridgehead atoms. The molecule has 120 valence electrons. The van der Waals surface area contributed by atoms with Crippen LogP contribution in [0.25, 0.3) is 5.70 Å². The van der Waals surface area contributed by atoms with Crippen LogP contribution >= 0.6 is 11.6 Å². The Bertz CT molecular complexity index is 843. The molecule has 0 aromatic heterocycles. The molecule has 1 N–H and O–H groups in total. The van der Waals surface area contributed by atoms with Crippen molar-refractivity contribution in [2.75, 3.05) is 6.26 Å². The minimum Gasteiger partial charge on any atom is -0.304 e. The van der Waals surface area contributed by atoms with Gasteiger partial charge in [-0.3, -0.25) is 0 Å². The molecule has 0 aliphatic carbocycles. The topological polar surface area (TPSA) is 49.4 Å². The van der Waals surface area contributed by atoms with E-state index in [1.807, 2.05) is 49.4 Å². The fraction of sp³-hybridized carbons (Fsp3) is 0.176. The van der Waals surface area contributed by atoms with E-state index >= 15 is 0 Å². The van der Waals surface area contributed by atoms with E-state index in [2.05, 4.69) is 5.43 Å². The third-order valence-electron chi connectivity index (χ3n) is 3.74. The molecule has 1 aliphatic rings. The van der Waals surface area contributed by atoms with Gasteiger partial charge in [0, 0.05) is 5.02 Å². The van der Waals surface area contributed by atoms with Crippen LogP contribution < -0.4 is 5.43 Å². The first-order valence-corrected chi connectivity index (χ1v) is 9.37. The van der Waals surface area contributed by atoms with E-state index in [4.69, 9.17) is 11.6 Å². The SMILES string of the molecule is Cc1ccc(C2=CC(c3ccc(Cl)cc3)N(S(C)(=O)=O)N2)cc1. The van der Waals surface area contributed by atoms with Gasteiger partial charge in [0.1, 0.15) is 0 Å². The molecule has 23 heavy (non-hydrogen) atoms. The summed E-state index contributed by atoms with van der Waals surface area (Å²) in [6.45, 7) is 2.01. The van der Waals surface area contributed by atoms with Crippen LogP contribution in [-0.2, 0) is 10.0 Å². The van der Waals surface area contributed by atoms with Crippen molar-refractivity contribution >= 4 is 27.3 Å². The van der Waals surface area contributed by atoms with Crippen LogP contribution in [0.15, 0.2) is 54.6 Å². The van der Waals surface area contributed by atoms with Crippen molar-refractivity contribution in [3.63, 3.8) is 0 Å². The molecule has 0 saturated heterocycles. The first-order valence-electron chi connectivity index (χ1n) is 7.15. The zero-order chi connectivity index (χ0) is 16.6. The molecule has 3 rings (SSSR count). The van der Waals surface area contributed by atoms with Gasteiger partial charge < -0.3 is 5.43 Å². The Morgan fingerprint density at radius 3 is 2.22 bits per heavy atom. The maximum Gasteiger partial charge on any atom is 0.228 e. The standard InChI is InChI=1S/C17H17ClN2O2S/c1-12-3-5-13(6-4-12)16-11-17(20(19-16)23(2,21)22)14-7-9-15(18)10-8-14/h3-11,17,19H,1-2H3. The first-order chi connectivity index (χ1) is 10.8. The summed E-state index contributed by atoms with van der Waals surface area (Å²) in [5.41, 5.74) is 6.73. The number of rotatable bonds is 3. The highest BCUT2D eigenvalue weighted by Crippen LogP contribution is 2.33. The highest BCUT2D eigenvalue weighted by molar-refractivity contribution is 7.88. The molecule has 2 aromatic carbocycles. The van der Waals surface area contributed by atoms with Crippen molar-refractivity contribution in [1.29, 1.82) is 0 Å². The van der Waals surface area contributed by atoms with E-state index in [1.165, 1.54) is 10.7 Å². The molecule has 4 nitrogen and oxygen atoms in total. The van der Waals surface area contributed by atoms with E-state index in [0.29, 0.717) is 5.02 Å². The first kappa shape index (κ1) is 16.1. The number of hydrazine groups is 1. The quantitative estimate of drug-likeness (QED) is 0.923. The molecule has 0 spiro atoms. The van der Waals surface area contributed by atoms with E-state index in [9.17, 15) is 8.42 Å². The molecule has 0 amide bonds. The third-order valence-corrected chi connectivity index (χ3v) is 5.02. The Morgan fingerprint density at radius 2 is 1.65 bits per heavy atom. The zero-order valence-electron chi connectivity index (χ0n) is 12.8. The fourth-order valence-corrected chi connectivity index (χ4v) is 3.51. The van der Waals surface area contributed by atoms with Gasteiger partial charge in [-0.15, -0.1) is 4.41 Å². The van der Waals surface area contributed by atoms with Gasteiger partial charge in [0.05, 0.1) is 18.0 Å². The summed E-state index contributed by atoms with van der Waals surface area (Å²) in [6.07, 6.45) is 3.10. The lowest BCUT2D eigenvalue weighted by Gasteiger charge is -2.22. The van der Waals surface area contributed by atoms with Crippen LogP contribution in [-0.4, -0.2) is 19.1 Å². The van der Waals surface area contributed by atoms with Crippen molar-refractivity contribution in [3.05, 3.63) is 76.3 Å². The number of aryl methyl sites for hydroxylation is 1. The number of hydrogen-bond donors (Lipinski definition) is 1. The van der Waals surface area contributed by atoms with E-state index in [0.717, 1.165) is 22.4 Å². The Kier molecular flexibility index (Phi) is 4.19. The van der Waals surface area contributed by atoms with Crippen LogP contribution in [0.4, 0.5) is 0 Å². The van der Waals surface area contributed by atoms with Gasteiger partial charge in [-0.25, -0.2) is 8.42 Å². The van der Waals surface area contributed by atoms with Crippen LogP contribution in [0.2, 0.25) is 5.02 Å². The normalized spacial score (nSPS) is 18.6. The Morgan fingerprint density at radius 1 is 1.04 bits per heavy atom. The number of sulfonamides is 1. The molecule has 1 unspecified atom stereocenters. The number of nitrogens with one attached hydrogen (secondary N) is 1. The lowest BCUT2D eigenvalue weighted by molar-refractivity contribution is 0.351. The molecular weight excluding hydrogens is 332 g/mol. The summed E-state index contributed by atoms with van der Waals surface area (Å²) in [5.74, 6) is 0.